The molecule has 0 aliphatic carbocycles. The van der Waals surface area contributed by atoms with Crippen molar-refractivity contribution in [1.29, 1.82) is 10.5 Å². The molecule has 0 amide bonds. The molecule has 18 heavy (non-hydrogen) atoms. The van der Waals surface area contributed by atoms with Gasteiger partial charge in [0.2, 0.25) is 5.88 Å². The van der Waals surface area contributed by atoms with Gasteiger partial charge in [-0.15, -0.1) is 0 Å². The van der Waals surface area contributed by atoms with Crippen LogP contribution in [0.15, 0.2) is 29.3 Å². The second kappa shape index (κ2) is 4.40. The summed E-state index contributed by atoms with van der Waals surface area (Å²) in [5, 5.41) is 27.6. The predicted octanol–water partition coefficient (Wildman–Crippen LogP) is 0.886. The number of hydrogen-bond donors (Lipinski definition) is 2. The number of hydrogen-bond acceptors (Lipinski definition) is 5. The summed E-state index contributed by atoms with van der Waals surface area (Å²) in [4.78, 5) is 17.4. The molecule has 0 aromatic carbocycles. The minimum Gasteiger partial charge on any atom is -0.494 e. The van der Waals surface area contributed by atoms with Gasteiger partial charge in [-0.05, 0) is 17.7 Å². The lowest BCUT2D eigenvalue weighted by Gasteiger charge is -2.07. The normalized spacial score (nSPS) is 9.44. The SMILES string of the molecule is N#Cc1c(O)[nH]c(=O)c(C#N)c1-c1ccncc1. The monoisotopic (exact) mass is 238 g/mol. The van der Waals surface area contributed by atoms with E-state index in [1.165, 1.54) is 12.4 Å². The van der Waals surface area contributed by atoms with Crippen LogP contribution in [0.2, 0.25) is 0 Å². The number of aromatic amines is 1. The summed E-state index contributed by atoms with van der Waals surface area (Å²) in [6.45, 7) is 0. The molecule has 6 nitrogen and oxygen atoms in total. The topological polar surface area (TPSA) is 114 Å². The molecule has 2 aromatic heterocycles. The molecule has 0 saturated heterocycles. The Bertz CT molecular complexity index is 736. The van der Waals surface area contributed by atoms with Gasteiger partial charge in [0.05, 0.1) is 0 Å². The molecule has 0 spiro atoms. The van der Waals surface area contributed by atoms with Crippen LogP contribution in [-0.4, -0.2) is 15.1 Å². The van der Waals surface area contributed by atoms with E-state index in [0.717, 1.165) is 0 Å². The average Bonchev–Trinajstić information content (AvgIpc) is 2.39. The standard InChI is InChI=1S/C12H6N4O2/c13-5-8-10(7-1-3-15-4-2-7)9(6-14)12(18)16-11(8)17/h1-4H,(H2,16,17,18). The Hall–Kier alpha value is -3.12. The third kappa shape index (κ3) is 1.68. The smallest absolute Gasteiger partial charge is 0.269 e. The van der Waals surface area contributed by atoms with Crippen molar-refractivity contribution < 1.29 is 5.11 Å². The maximum atomic E-state index is 11.6. The molecule has 6 heteroatoms. The highest BCUT2D eigenvalue weighted by Crippen LogP contribution is 2.28. The number of nitrogens with one attached hydrogen (secondary N) is 1. The van der Waals surface area contributed by atoms with Crippen molar-refractivity contribution in [3.63, 3.8) is 0 Å². The van der Waals surface area contributed by atoms with Crippen LogP contribution in [-0.2, 0) is 0 Å². The van der Waals surface area contributed by atoms with Crippen molar-refractivity contribution in [2.45, 2.75) is 0 Å². The molecule has 2 aromatic rings. The van der Waals surface area contributed by atoms with Crippen LogP contribution in [0.4, 0.5) is 0 Å². The van der Waals surface area contributed by atoms with E-state index in [9.17, 15) is 9.90 Å². The van der Waals surface area contributed by atoms with Crippen molar-refractivity contribution in [2.24, 2.45) is 0 Å². The third-order valence-electron chi connectivity index (χ3n) is 2.39. The molecular formula is C12H6N4O2. The molecule has 0 saturated carbocycles. The van der Waals surface area contributed by atoms with Crippen LogP contribution >= 0.6 is 0 Å². The minimum absolute atomic E-state index is 0.114. The van der Waals surface area contributed by atoms with E-state index in [1.54, 1.807) is 24.3 Å². The summed E-state index contributed by atoms with van der Waals surface area (Å²) < 4.78 is 0. The highest BCUT2D eigenvalue weighted by molar-refractivity contribution is 5.77. The number of rotatable bonds is 1. The van der Waals surface area contributed by atoms with E-state index in [0.29, 0.717) is 5.56 Å². The van der Waals surface area contributed by atoms with Gasteiger partial charge in [0.25, 0.3) is 5.56 Å². The van der Waals surface area contributed by atoms with Crippen LogP contribution in [0.3, 0.4) is 0 Å². The number of aromatic hydroxyl groups is 1. The Kier molecular flexibility index (Phi) is 2.78. The van der Waals surface area contributed by atoms with E-state index in [2.05, 4.69) is 9.97 Å². The summed E-state index contributed by atoms with van der Waals surface area (Å²) in [6.07, 6.45) is 2.94. The molecule has 0 bridgehead atoms. The van der Waals surface area contributed by atoms with Crippen LogP contribution in [0.25, 0.3) is 11.1 Å². The number of aromatic nitrogens is 2. The highest BCUT2D eigenvalue weighted by Gasteiger charge is 2.18. The van der Waals surface area contributed by atoms with Gasteiger partial charge < -0.3 is 5.11 Å². The third-order valence-corrected chi connectivity index (χ3v) is 2.39. The van der Waals surface area contributed by atoms with Crippen LogP contribution in [0.1, 0.15) is 11.1 Å². The molecule has 2 heterocycles. The van der Waals surface area contributed by atoms with Crippen LogP contribution < -0.4 is 5.56 Å². The number of pyridine rings is 2. The van der Waals surface area contributed by atoms with E-state index >= 15 is 0 Å². The van der Waals surface area contributed by atoms with E-state index in [1.807, 2.05) is 0 Å². The summed E-state index contributed by atoms with van der Waals surface area (Å²) in [5.41, 5.74) is -0.503. The minimum atomic E-state index is -0.735. The molecule has 0 atom stereocenters. The Morgan fingerprint density at radius 1 is 1.17 bits per heavy atom. The lowest BCUT2D eigenvalue weighted by Crippen LogP contribution is -2.13. The van der Waals surface area contributed by atoms with Gasteiger partial charge in [-0.2, -0.15) is 10.5 Å². The summed E-state index contributed by atoms with van der Waals surface area (Å²) >= 11 is 0. The van der Waals surface area contributed by atoms with Crippen LogP contribution in [0, 0.1) is 22.7 Å². The molecule has 0 radical (unpaired) electrons. The number of H-pyrrole nitrogens is 1. The zero-order chi connectivity index (χ0) is 13.1. The quantitative estimate of drug-likeness (QED) is 0.765. The van der Waals surface area contributed by atoms with Crippen molar-refractivity contribution in [3.8, 4) is 29.1 Å². The number of nitriles is 2. The first kappa shape index (κ1) is 11.4. The van der Waals surface area contributed by atoms with Gasteiger partial charge >= 0.3 is 0 Å². The molecule has 0 aliphatic rings. The first-order chi connectivity index (χ1) is 8.69. The zero-order valence-corrected chi connectivity index (χ0v) is 9.01. The Morgan fingerprint density at radius 2 is 1.78 bits per heavy atom. The molecule has 86 valence electrons. The van der Waals surface area contributed by atoms with Crippen molar-refractivity contribution in [1.82, 2.24) is 9.97 Å². The van der Waals surface area contributed by atoms with Gasteiger partial charge in [-0.3, -0.25) is 14.8 Å². The average molecular weight is 238 g/mol. The zero-order valence-electron chi connectivity index (χ0n) is 9.01. The lowest BCUT2D eigenvalue weighted by atomic mass is 9.98. The van der Waals surface area contributed by atoms with Gasteiger partial charge in [-0.1, -0.05) is 0 Å². The van der Waals surface area contributed by atoms with Gasteiger partial charge in [0.15, 0.2) is 0 Å². The van der Waals surface area contributed by atoms with E-state index in [-0.39, 0.29) is 16.7 Å². The fourth-order valence-corrected chi connectivity index (χ4v) is 1.61. The molecule has 2 N–H and O–H groups in total. The van der Waals surface area contributed by atoms with Crippen molar-refractivity contribution >= 4 is 0 Å². The van der Waals surface area contributed by atoms with Crippen LogP contribution in [0.5, 0.6) is 5.88 Å². The first-order valence-corrected chi connectivity index (χ1v) is 4.89. The molecule has 0 fully saturated rings. The molecule has 0 aliphatic heterocycles. The summed E-state index contributed by atoms with van der Waals surface area (Å²) in [5.74, 6) is -0.548. The summed E-state index contributed by atoms with van der Waals surface area (Å²) in [7, 11) is 0. The number of nitrogens with zero attached hydrogens (tertiary/aromatic N) is 3. The largest absolute Gasteiger partial charge is 0.494 e. The second-order valence-corrected chi connectivity index (χ2v) is 3.39. The van der Waals surface area contributed by atoms with Crippen molar-refractivity contribution in [2.75, 3.05) is 0 Å². The Balaban J connectivity index is 2.94. The molecule has 2 rings (SSSR count). The first-order valence-electron chi connectivity index (χ1n) is 4.89. The fraction of sp³-hybridized carbons (Fsp3) is 0. The lowest BCUT2D eigenvalue weighted by molar-refractivity contribution is 0.450. The van der Waals surface area contributed by atoms with Gasteiger partial charge in [0.1, 0.15) is 23.3 Å². The maximum Gasteiger partial charge on any atom is 0.269 e. The van der Waals surface area contributed by atoms with Gasteiger partial charge in [0, 0.05) is 18.0 Å². The second-order valence-electron chi connectivity index (χ2n) is 3.39. The van der Waals surface area contributed by atoms with E-state index < -0.39 is 11.4 Å². The Morgan fingerprint density at radius 3 is 2.33 bits per heavy atom. The fourth-order valence-electron chi connectivity index (χ4n) is 1.61. The van der Waals surface area contributed by atoms with Gasteiger partial charge in [-0.25, -0.2) is 0 Å². The highest BCUT2D eigenvalue weighted by atomic mass is 16.3. The van der Waals surface area contributed by atoms with Crippen molar-refractivity contribution in [3.05, 3.63) is 46.0 Å². The van der Waals surface area contributed by atoms with E-state index in [4.69, 9.17) is 10.5 Å². The Labute approximate surface area is 101 Å². The molecule has 0 unspecified atom stereocenters. The predicted molar refractivity (Wildman–Crippen MR) is 61.4 cm³/mol. The maximum absolute atomic E-state index is 11.6. The molecular weight excluding hydrogens is 232 g/mol. The summed E-state index contributed by atoms with van der Waals surface area (Å²) in [6, 6.07) is 6.61.